The van der Waals surface area contributed by atoms with E-state index in [0.29, 0.717) is 0 Å². The number of rotatable bonds is 2. The van der Waals surface area contributed by atoms with Gasteiger partial charge in [0.25, 0.3) is 0 Å². The molecule has 0 bridgehead atoms. The van der Waals surface area contributed by atoms with Crippen molar-refractivity contribution in [2.24, 2.45) is 0 Å². The Labute approximate surface area is 70.1 Å². The summed E-state index contributed by atoms with van der Waals surface area (Å²) in [4.78, 5) is 7.96. The Morgan fingerprint density at radius 3 is 2.75 bits per heavy atom. The minimum Gasteiger partial charge on any atom is -0.451 e. The quantitative estimate of drug-likeness (QED) is 0.670. The molecule has 2 heterocycles. The summed E-state index contributed by atoms with van der Waals surface area (Å²) in [7, 11) is 0. The van der Waals surface area contributed by atoms with Crippen LogP contribution in [0.15, 0.2) is 41.6 Å². The minimum absolute atomic E-state index is 0.805. The molecular formula is C9H8N2O. The lowest BCUT2D eigenvalue weighted by Crippen LogP contribution is -1.87. The van der Waals surface area contributed by atoms with E-state index < -0.39 is 0 Å². The molecule has 0 aliphatic carbocycles. The van der Waals surface area contributed by atoms with Gasteiger partial charge in [0.2, 0.25) is 0 Å². The lowest BCUT2D eigenvalue weighted by atomic mass is 10.2. The van der Waals surface area contributed by atoms with Crippen LogP contribution >= 0.6 is 0 Å². The van der Waals surface area contributed by atoms with Crippen molar-refractivity contribution in [1.82, 2.24) is 9.97 Å². The summed E-state index contributed by atoms with van der Waals surface area (Å²) in [5.41, 5.74) is 2.14. The van der Waals surface area contributed by atoms with E-state index in [0.717, 1.165) is 12.1 Å². The van der Waals surface area contributed by atoms with E-state index in [1.807, 2.05) is 12.1 Å². The third kappa shape index (κ3) is 1.50. The maximum absolute atomic E-state index is 4.86. The molecule has 0 unspecified atom stereocenters. The van der Waals surface area contributed by atoms with E-state index in [1.165, 1.54) is 12.0 Å². The summed E-state index contributed by atoms with van der Waals surface area (Å²) in [6, 6.07) is 3.93. The van der Waals surface area contributed by atoms with Gasteiger partial charge in [-0.3, -0.25) is 4.98 Å². The standard InChI is InChI=1S/C9H8N2O/c1-3-10-4-2-8(1)5-9-6-12-7-11-9/h1-4,6-7H,5H2. The maximum Gasteiger partial charge on any atom is 0.180 e. The number of nitrogens with zero attached hydrogens (tertiary/aromatic N) is 2. The summed E-state index contributed by atoms with van der Waals surface area (Å²) in [6.45, 7) is 0. The van der Waals surface area contributed by atoms with Crippen molar-refractivity contribution < 1.29 is 4.42 Å². The van der Waals surface area contributed by atoms with Crippen LogP contribution in [0.5, 0.6) is 0 Å². The van der Waals surface area contributed by atoms with Gasteiger partial charge in [0.15, 0.2) is 6.39 Å². The third-order valence-electron chi connectivity index (χ3n) is 1.62. The van der Waals surface area contributed by atoms with Crippen molar-refractivity contribution in [1.29, 1.82) is 0 Å². The monoisotopic (exact) mass is 160 g/mol. The highest BCUT2D eigenvalue weighted by atomic mass is 16.3. The zero-order valence-corrected chi connectivity index (χ0v) is 6.47. The minimum atomic E-state index is 0.805. The molecule has 2 aromatic heterocycles. The number of pyridine rings is 1. The van der Waals surface area contributed by atoms with E-state index in [-0.39, 0.29) is 0 Å². The molecule has 12 heavy (non-hydrogen) atoms. The predicted octanol–water partition coefficient (Wildman–Crippen LogP) is 1.66. The Kier molecular flexibility index (Phi) is 1.86. The normalized spacial score (nSPS) is 10.0. The molecular weight excluding hydrogens is 152 g/mol. The second kappa shape index (κ2) is 3.17. The first-order valence-corrected chi connectivity index (χ1v) is 3.71. The van der Waals surface area contributed by atoms with Crippen LogP contribution in [0.25, 0.3) is 0 Å². The van der Waals surface area contributed by atoms with Gasteiger partial charge in [0, 0.05) is 18.8 Å². The molecule has 0 spiro atoms. The van der Waals surface area contributed by atoms with Gasteiger partial charge in [-0.1, -0.05) is 0 Å². The molecule has 0 saturated carbocycles. The lowest BCUT2D eigenvalue weighted by Gasteiger charge is -1.94. The highest BCUT2D eigenvalue weighted by Gasteiger charge is 1.96. The third-order valence-corrected chi connectivity index (χ3v) is 1.62. The molecule has 0 saturated heterocycles. The van der Waals surface area contributed by atoms with Crippen LogP contribution in [0.4, 0.5) is 0 Å². The van der Waals surface area contributed by atoms with Gasteiger partial charge in [-0.25, -0.2) is 4.98 Å². The first-order valence-electron chi connectivity index (χ1n) is 3.71. The Bertz CT molecular complexity index is 329. The van der Waals surface area contributed by atoms with Crippen molar-refractivity contribution in [2.45, 2.75) is 6.42 Å². The number of hydrogen-bond donors (Lipinski definition) is 0. The van der Waals surface area contributed by atoms with Gasteiger partial charge in [-0.15, -0.1) is 0 Å². The SMILES string of the molecule is c1cc(Cc2cocn2)ccn1. The predicted molar refractivity (Wildman–Crippen MR) is 43.5 cm³/mol. The Morgan fingerprint density at radius 2 is 2.08 bits per heavy atom. The second-order valence-electron chi connectivity index (χ2n) is 2.51. The fraction of sp³-hybridized carbons (Fsp3) is 0.111. The summed E-state index contributed by atoms with van der Waals surface area (Å²) < 4.78 is 4.86. The van der Waals surface area contributed by atoms with Crippen molar-refractivity contribution in [3.05, 3.63) is 48.4 Å². The van der Waals surface area contributed by atoms with E-state index >= 15 is 0 Å². The Balaban J connectivity index is 2.15. The lowest BCUT2D eigenvalue weighted by molar-refractivity contribution is 0.556. The Hall–Kier alpha value is -1.64. The van der Waals surface area contributed by atoms with Gasteiger partial charge in [0.05, 0.1) is 5.69 Å². The number of oxazole rings is 1. The molecule has 0 fully saturated rings. The summed E-state index contributed by atoms with van der Waals surface area (Å²) >= 11 is 0. The highest BCUT2D eigenvalue weighted by Crippen LogP contribution is 2.04. The van der Waals surface area contributed by atoms with E-state index in [2.05, 4.69) is 9.97 Å². The van der Waals surface area contributed by atoms with Crippen LogP contribution in [-0.2, 0) is 6.42 Å². The van der Waals surface area contributed by atoms with Crippen LogP contribution in [0.3, 0.4) is 0 Å². The molecule has 0 N–H and O–H groups in total. The molecule has 0 aliphatic rings. The van der Waals surface area contributed by atoms with Crippen LogP contribution in [0.1, 0.15) is 11.3 Å². The highest BCUT2D eigenvalue weighted by molar-refractivity contribution is 5.16. The molecule has 0 amide bonds. The summed E-state index contributed by atoms with van der Waals surface area (Å²) in [5.74, 6) is 0. The molecule has 0 atom stereocenters. The van der Waals surface area contributed by atoms with Gasteiger partial charge >= 0.3 is 0 Å². The van der Waals surface area contributed by atoms with Gasteiger partial charge in [-0.2, -0.15) is 0 Å². The number of hydrogen-bond acceptors (Lipinski definition) is 3. The Morgan fingerprint density at radius 1 is 1.25 bits per heavy atom. The van der Waals surface area contributed by atoms with E-state index in [1.54, 1.807) is 18.7 Å². The summed E-state index contributed by atoms with van der Waals surface area (Å²) in [6.07, 6.45) is 7.45. The largest absolute Gasteiger partial charge is 0.451 e. The second-order valence-corrected chi connectivity index (χ2v) is 2.51. The van der Waals surface area contributed by atoms with Crippen LogP contribution in [0.2, 0.25) is 0 Å². The van der Waals surface area contributed by atoms with Crippen molar-refractivity contribution in [3.8, 4) is 0 Å². The molecule has 60 valence electrons. The van der Waals surface area contributed by atoms with Gasteiger partial charge in [0.1, 0.15) is 6.26 Å². The zero-order chi connectivity index (χ0) is 8.23. The number of aromatic nitrogens is 2. The molecule has 2 aromatic rings. The van der Waals surface area contributed by atoms with Crippen molar-refractivity contribution >= 4 is 0 Å². The average Bonchev–Trinajstić information content (AvgIpc) is 2.59. The van der Waals surface area contributed by atoms with Crippen LogP contribution in [0, 0.1) is 0 Å². The van der Waals surface area contributed by atoms with E-state index in [4.69, 9.17) is 4.42 Å². The molecule has 3 heteroatoms. The topological polar surface area (TPSA) is 38.9 Å². The zero-order valence-electron chi connectivity index (χ0n) is 6.47. The van der Waals surface area contributed by atoms with Crippen LogP contribution < -0.4 is 0 Å². The maximum atomic E-state index is 4.86. The first kappa shape index (κ1) is 7.03. The molecule has 0 aromatic carbocycles. The molecule has 3 nitrogen and oxygen atoms in total. The van der Waals surface area contributed by atoms with Gasteiger partial charge < -0.3 is 4.42 Å². The fourth-order valence-electron chi connectivity index (χ4n) is 1.03. The molecule has 2 rings (SSSR count). The van der Waals surface area contributed by atoms with Crippen molar-refractivity contribution in [3.63, 3.8) is 0 Å². The van der Waals surface area contributed by atoms with Gasteiger partial charge in [-0.05, 0) is 17.7 Å². The summed E-state index contributed by atoms with van der Waals surface area (Å²) in [5, 5.41) is 0. The molecule has 0 radical (unpaired) electrons. The van der Waals surface area contributed by atoms with Crippen LogP contribution in [-0.4, -0.2) is 9.97 Å². The smallest absolute Gasteiger partial charge is 0.180 e. The molecule has 0 aliphatic heterocycles. The average molecular weight is 160 g/mol. The van der Waals surface area contributed by atoms with E-state index in [9.17, 15) is 0 Å². The van der Waals surface area contributed by atoms with Crippen molar-refractivity contribution in [2.75, 3.05) is 0 Å². The fourth-order valence-corrected chi connectivity index (χ4v) is 1.03. The first-order chi connectivity index (χ1) is 5.95.